The van der Waals surface area contributed by atoms with Gasteiger partial charge < -0.3 is 15.0 Å². The summed E-state index contributed by atoms with van der Waals surface area (Å²) in [5.41, 5.74) is 9.14. The van der Waals surface area contributed by atoms with Crippen LogP contribution in [0.5, 0.6) is 11.5 Å². The Hall–Kier alpha value is -2.33. The first kappa shape index (κ1) is 16.0. The highest BCUT2D eigenvalue weighted by Crippen LogP contribution is 2.32. The van der Waals surface area contributed by atoms with Crippen LogP contribution in [0.4, 0.5) is 0 Å². The molecule has 0 aliphatic rings. The minimum absolute atomic E-state index is 0.000112. The van der Waals surface area contributed by atoms with Gasteiger partial charge in [0.05, 0.1) is 22.7 Å². The summed E-state index contributed by atoms with van der Waals surface area (Å²) in [6.45, 7) is 0. The highest BCUT2D eigenvalue weighted by atomic mass is 35.5. The number of halogens is 2. The Labute approximate surface area is 136 Å². The molecule has 0 atom stereocenters. The van der Waals surface area contributed by atoms with Gasteiger partial charge in [-0.1, -0.05) is 35.3 Å². The molecule has 0 aliphatic carbocycles. The molecule has 0 aliphatic heterocycles. The molecule has 0 spiro atoms. The second kappa shape index (κ2) is 7.09. The maximum atomic E-state index is 12.2. The van der Waals surface area contributed by atoms with E-state index in [0.29, 0.717) is 11.3 Å². The van der Waals surface area contributed by atoms with Gasteiger partial charge in [0.25, 0.3) is 0 Å². The number of carbonyl (C=O) groups is 1. The van der Waals surface area contributed by atoms with Gasteiger partial charge in [0.1, 0.15) is 5.75 Å². The van der Waals surface area contributed by atoms with Gasteiger partial charge in [-0.25, -0.2) is 4.79 Å². The predicted molar refractivity (Wildman–Crippen MR) is 82.8 cm³/mol. The number of methoxy groups -OCH3 is 1. The summed E-state index contributed by atoms with van der Waals surface area (Å²) in [6.07, 6.45) is 0. The van der Waals surface area contributed by atoms with Crippen molar-refractivity contribution in [1.82, 2.24) is 0 Å². The lowest BCUT2D eigenvalue weighted by atomic mass is 10.1. The summed E-state index contributed by atoms with van der Waals surface area (Å²) in [4.78, 5) is 15.2. The zero-order chi connectivity index (χ0) is 16.1. The number of rotatable bonds is 4. The monoisotopic (exact) mass is 336 g/mol. The van der Waals surface area contributed by atoms with E-state index in [4.69, 9.17) is 38.2 Å². The number of ether oxygens (including phenoxy) is 2. The van der Waals surface area contributed by atoms with Crippen LogP contribution in [0.15, 0.2) is 42.5 Å². The highest BCUT2D eigenvalue weighted by molar-refractivity contribution is 6.42. The van der Waals surface area contributed by atoms with E-state index in [1.807, 2.05) is 0 Å². The zero-order valence-electron chi connectivity index (χ0n) is 11.4. The number of carbonyl (C=O) groups excluding carboxylic acids is 1. The van der Waals surface area contributed by atoms with Crippen molar-refractivity contribution in [3.05, 3.63) is 63.6 Å². The van der Waals surface area contributed by atoms with Crippen molar-refractivity contribution < 1.29 is 19.1 Å². The first-order chi connectivity index (χ1) is 10.6. The van der Waals surface area contributed by atoms with Crippen molar-refractivity contribution in [2.24, 2.45) is 0 Å². The van der Waals surface area contributed by atoms with Crippen molar-refractivity contribution in [3.63, 3.8) is 0 Å². The second-order valence-electron chi connectivity index (χ2n) is 4.12. The van der Waals surface area contributed by atoms with E-state index in [2.05, 4.69) is 4.79 Å². The van der Waals surface area contributed by atoms with Crippen LogP contribution in [0.25, 0.3) is 5.53 Å². The molecule has 0 unspecified atom stereocenters. The van der Waals surface area contributed by atoms with Gasteiger partial charge in [0, 0.05) is 0 Å². The molecule has 0 amide bonds. The van der Waals surface area contributed by atoms with E-state index >= 15 is 0 Å². The van der Waals surface area contributed by atoms with Crippen LogP contribution in [0.2, 0.25) is 10.0 Å². The van der Waals surface area contributed by atoms with Crippen LogP contribution in [0, 0.1) is 0 Å². The number of hydrogen-bond donors (Lipinski definition) is 0. The molecule has 0 heterocycles. The van der Waals surface area contributed by atoms with E-state index < -0.39 is 5.97 Å². The van der Waals surface area contributed by atoms with E-state index in [-0.39, 0.29) is 21.5 Å². The maximum absolute atomic E-state index is 12.2. The van der Waals surface area contributed by atoms with Crippen molar-refractivity contribution in [2.75, 3.05) is 7.11 Å². The van der Waals surface area contributed by atoms with Crippen LogP contribution in [-0.2, 0) is 4.79 Å². The van der Waals surface area contributed by atoms with Gasteiger partial charge in [-0.2, -0.15) is 4.79 Å². The number of para-hydroxylation sites is 1. The summed E-state index contributed by atoms with van der Waals surface area (Å²) in [5, 5.41) is 0.340. The van der Waals surface area contributed by atoms with Crippen molar-refractivity contribution in [2.45, 2.75) is 0 Å². The SMILES string of the molecule is COc1cccc(C(=[N+]=[N-])C(=O)Oc2c(Cl)cccc2Cl)c1. The molecule has 5 nitrogen and oxygen atoms in total. The third-order valence-electron chi connectivity index (χ3n) is 2.75. The van der Waals surface area contributed by atoms with Crippen molar-refractivity contribution in [3.8, 4) is 11.5 Å². The predicted octanol–water partition coefficient (Wildman–Crippen LogP) is 3.63. The van der Waals surface area contributed by atoms with Crippen LogP contribution in [0.1, 0.15) is 5.56 Å². The third-order valence-corrected chi connectivity index (χ3v) is 3.35. The topological polar surface area (TPSA) is 71.9 Å². The summed E-state index contributed by atoms with van der Waals surface area (Å²) in [5.74, 6) is -0.396. The zero-order valence-corrected chi connectivity index (χ0v) is 12.9. The quantitative estimate of drug-likeness (QED) is 0.281. The standard InChI is InChI=1S/C15H10Cl2N2O3/c1-21-10-5-2-4-9(8-10)13(19-18)15(20)22-14-11(16)6-3-7-12(14)17/h2-8H,1H3. The average Bonchev–Trinajstić information content (AvgIpc) is 2.52. The lowest BCUT2D eigenvalue weighted by Crippen LogP contribution is -2.23. The lowest BCUT2D eigenvalue weighted by molar-refractivity contribution is -0.131. The molecule has 0 radical (unpaired) electrons. The molecule has 2 aromatic carbocycles. The Bertz CT molecular complexity index is 751. The Morgan fingerprint density at radius 1 is 1.14 bits per heavy atom. The minimum atomic E-state index is -0.897. The maximum Gasteiger partial charge on any atom is 0.427 e. The molecule has 7 heteroatoms. The number of esters is 1. The van der Waals surface area contributed by atoms with Crippen LogP contribution in [-0.4, -0.2) is 23.6 Å². The number of hydrogen-bond acceptors (Lipinski definition) is 3. The van der Waals surface area contributed by atoms with Crippen molar-refractivity contribution >= 4 is 34.9 Å². The Morgan fingerprint density at radius 2 is 1.77 bits per heavy atom. The van der Waals surface area contributed by atoms with Crippen LogP contribution in [0.3, 0.4) is 0 Å². The fourth-order valence-electron chi connectivity index (χ4n) is 1.71. The second-order valence-corrected chi connectivity index (χ2v) is 4.94. The third kappa shape index (κ3) is 3.46. The largest absolute Gasteiger partial charge is 0.497 e. The molecular weight excluding hydrogens is 327 g/mol. The fourth-order valence-corrected chi connectivity index (χ4v) is 2.18. The summed E-state index contributed by atoms with van der Waals surface area (Å²) < 4.78 is 10.2. The Kier molecular flexibility index (Phi) is 5.17. The Morgan fingerprint density at radius 3 is 2.36 bits per heavy atom. The van der Waals surface area contributed by atoms with Gasteiger partial charge >= 0.3 is 11.7 Å². The molecule has 0 fully saturated rings. The smallest absolute Gasteiger partial charge is 0.427 e. The molecule has 0 bridgehead atoms. The molecule has 0 aromatic heterocycles. The summed E-state index contributed by atoms with van der Waals surface area (Å²) in [6, 6.07) is 11.1. The van der Waals surface area contributed by atoms with Crippen LogP contribution < -0.4 is 9.47 Å². The number of nitrogens with zero attached hydrogens (tertiary/aromatic N) is 2. The van der Waals surface area contributed by atoms with E-state index in [0.717, 1.165) is 0 Å². The molecule has 112 valence electrons. The number of benzene rings is 2. The molecule has 0 N–H and O–H groups in total. The lowest BCUT2D eigenvalue weighted by Gasteiger charge is -2.06. The normalized spacial score (nSPS) is 9.77. The molecule has 2 rings (SSSR count). The minimum Gasteiger partial charge on any atom is -0.497 e. The molecule has 0 saturated heterocycles. The average molecular weight is 337 g/mol. The van der Waals surface area contributed by atoms with Gasteiger partial charge in [0.2, 0.25) is 0 Å². The van der Waals surface area contributed by atoms with Gasteiger partial charge in [-0.15, -0.1) is 0 Å². The first-order valence-corrected chi connectivity index (χ1v) is 6.85. The summed E-state index contributed by atoms with van der Waals surface area (Å²) >= 11 is 11.9. The van der Waals surface area contributed by atoms with E-state index in [1.165, 1.54) is 25.3 Å². The first-order valence-electron chi connectivity index (χ1n) is 6.09. The van der Waals surface area contributed by atoms with Gasteiger partial charge in [-0.3, -0.25) is 0 Å². The van der Waals surface area contributed by atoms with Crippen molar-refractivity contribution in [1.29, 1.82) is 0 Å². The molecule has 2 aromatic rings. The highest BCUT2D eigenvalue weighted by Gasteiger charge is 2.27. The molecule has 0 saturated carbocycles. The Balaban J connectivity index is 2.32. The van der Waals surface area contributed by atoms with Crippen LogP contribution >= 0.6 is 23.2 Å². The van der Waals surface area contributed by atoms with Gasteiger partial charge in [0.15, 0.2) is 5.75 Å². The summed E-state index contributed by atoms with van der Waals surface area (Å²) in [7, 11) is 1.48. The molecular formula is C15H10Cl2N2O3. The molecule has 22 heavy (non-hydrogen) atoms. The van der Waals surface area contributed by atoms with E-state index in [1.54, 1.807) is 24.3 Å². The fraction of sp³-hybridized carbons (Fsp3) is 0.0667. The van der Waals surface area contributed by atoms with Gasteiger partial charge in [-0.05, 0) is 30.3 Å². The van der Waals surface area contributed by atoms with E-state index in [9.17, 15) is 4.79 Å².